The topological polar surface area (TPSA) is 134 Å². The molecule has 0 aliphatic heterocycles. The Labute approximate surface area is 259 Å². The minimum atomic E-state index is -0.241. The molecule has 248 valence electrons. The van der Waals surface area contributed by atoms with Crippen LogP contribution in [0.15, 0.2) is 0 Å². The summed E-state index contributed by atoms with van der Waals surface area (Å²) >= 11 is 0. The van der Waals surface area contributed by atoms with Gasteiger partial charge in [0.1, 0.15) is 0 Å². The molecule has 0 rings (SSSR count). The molecule has 0 unspecified atom stereocenters. The Hall–Kier alpha value is -1.67. The van der Waals surface area contributed by atoms with Gasteiger partial charge < -0.3 is 27.0 Å². The van der Waals surface area contributed by atoms with Crippen LogP contribution in [0.3, 0.4) is 0 Å². The van der Waals surface area contributed by atoms with Crippen molar-refractivity contribution in [1.82, 2.24) is 15.5 Å². The molecule has 0 aliphatic carbocycles. The third kappa shape index (κ3) is 23.8. The smallest absolute Gasteiger partial charge is 0.278 e. The first-order valence-electron chi connectivity index (χ1n) is 17.6. The fourth-order valence-corrected chi connectivity index (χ4v) is 5.42. The van der Waals surface area contributed by atoms with Gasteiger partial charge in [-0.2, -0.15) is 0 Å². The number of carbonyl (C=O) groups is 3. The summed E-state index contributed by atoms with van der Waals surface area (Å²) in [5.41, 5.74) is 7.96. The molecule has 0 bridgehead atoms. The Morgan fingerprint density at radius 3 is 1.29 bits per heavy atom. The van der Waals surface area contributed by atoms with Gasteiger partial charge in [0.15, 0.2) is 12.1 Å². The summed E-state index contributed by atoms with van der Waals surface area (Å²) in [4.78, 5) is 39.6. The summed E-state index contributed by atoms with van der Waals surface area (Å²) in [6.45, 7) is 13.0. The molecule has 8 nitrogen and oxygen atoms in total. The van der Waals surface area contributed by atoms with E-state index < -0.39 is 0 Å². The van der Waals surface area contributed by atoms with E-state index in [2.05, 4.69) is 56.7 Å². The zero-order valence-electron chi connectivity index (χ0n) is 28.5. The second-order valence-corrected chi connectivity index (χ2v) is 13.3. The number of carbonyl (C=O) groups excluding carboxylic acids is 3. The van der Waals surface area contributed by atoms with Crippen LogP contribution in [0.5, 0.6) is 0 Å². The molecule has 0 heterocycles. The SMILES string of the molecule is CCCCCCCCCCCCCCCC(=O)N(CCCNC(=O)[C@@H]([NH3+])CC(C)C)CCCNC(=O)[C@@H]([NH3+])CC(C)C. The zero-order valence-corrected chi connectivity index (χ0v) is 28.5. The van der Waals surface area contributed by atoms with Gasteiger partial charge in [0.2, 0.25) is 5.91 Å². The Morgan fingerprint density at radius 1 is 0.571 bits per heavy atom. The summed E-state index contributed by atoms with van der Waals surface area (Å²) < 4.78 is 0. The van der Waals surface area contributed by atoms with Crippen molar-refractivity contribution in [2.75, 3.05) is 26.2 Å². The van der Waals surface area contributed by atoms with E-state index in [-0.39, 0.29) is 29.8 Å². The molecular weight excluding hydrogens is 526 g/mol. The second-order valence-electron chi connectivity index (χ2n) is 13.3. The number of unbranched alkanes of at least 4 members (excludes halogenated alkanes) is 12. The van der Waals surface area contributed by atoms with Gasteiger partial charge in [-0.1, -0.05) is 112 Å². The number of hydrogen-bond acceptors (Lipinski definition) is 3. The van der Waals surface area contributed by atoms with Crippen LogP contribution in [0.25, 0.3) is 0 Å². The highest BCUT2D eigenvalue weighted by Gasteiger charge is 2.20. The Bertz CT molecular complexity index is 650. The molecule has 3 amide bonds. The molecule has 2 atom stereocenters. The first kappa shape index (κ1) is 40.3. The molecule has 8 N–H and O–H groups in total. The number of hydrogen-bond donors (Lipinski definition) is 4. The molecule has 0 fully saturated rings. The van der Waals surface area contributed by atoms with Crippen molar-refractivity contribution in [3.8, 4) is 0 Å². The lowest BCUT2D eigenvalue weighted by atomic mass is 10.0. The van der Waals surface area contributed by atoms with Crippen LogP contribution < -0.4 is 22.1 Å². The highest BCUT2D eigenvalue weighted by molar-refractivity contribution is 5.80. The largest absolute Gasteiger partial charge is 0.351 e. The van der Waals surface area contributed by atoms with Crippen molar-refractivity contribution >= 4 is 17.7 Å². The summed E-state index contributed by atoms with van der Waals surface area (Å²) in [5, 5.41) is 5.97. The predicted molar refractivity (Wildman–Crippen MR) is 174 cm³/mol. The molecule has 42 heavy (non-hydrogen) atoms. The Kier molecular flexibility index (Phi) is 25.8. The highest BCUT2D eigenvalue weighted by atomic mass is 16.2. The number of nitrogens with one attached hydrogen (secondary N) is 2. The van der Waals surface area contributed by atoms with Crippen LogP contribution >= 0.6 is 0 Å². The van der Waals surface area contributed by atoms with Crippen molar-refractivity contribution in [2.24, 2.45) is 11.8 Å². The molecule has 0 aliphatic rings. The molecule has 0 spiro atoms. The maximum atomic E-state index is 13.1. The number of amides is 3. The highest BCUT2D eigenvalue weighted by Crippen LogP contribution is 2.13. The maximum absolute atomic E-state index is 13.1. The van der Waals surface area contributed by atoms with E-state index in [0.29, 0.717) is 57.3 Å². The Balaban J connectivity index is 4.39. The minimum absolute atomic E-state index is 0.0135. The molecule has 0 aromatic heterocycles. The van der Waals surface area contributed by atoms with Gasteiger partial charge in [-0.05, 0) is 31.1 Å². The van der Waals surface area contributed by atoms with E-state index >= 15 is 0 Å². The zero-order chi connectivity index (χ0) is 31.6. The van der Waals surface area contributed by atoms with Crippen molar-refractivity contribution in [3.63, 3.8) is 0 Å². The lowest BCUT2D eigenvalue weighted by Gasteiger charge is -2.23. The van der Waals surface area contributed by atoms with Crippen LogP contribution in [-0.2, 0) is 14.4 Å². The van der Waals surface area contributed by atoms with Gasteiger partial charge >= 0.3 is 0 Å². The van der Waals surface area contributed by atoms with Gasteiger partial charge in [-0.3, -0.25) is 14.4 Å². The van der Waals surface area contributed by atoms with Crippen LogP contribution in [0.1, 0.15) is 150 Å². The van der Waals surface area contributed by atoms with E-state index in [1.165, 1.54) is 70.6 Å². The van der Waals surface area contributed by atoms with Crippen molar-refractivity contribution in [3.05, 3.63) is 0 Å². The summed E-state index contributed by atoms with van der Waals surface area (Å²) in [6, 6.07) is -0.482. The van der Waals surface area contributed by atoms with Crippen molar-refractivity contribution < 1.29 is 25.9 Å². The molecular formula is C34H71N5O3+2. The number of nitrogens with zero attached hydrogens (tertiary/aromatic N) is 1. The Morgan fingerprint density at radius 2 is 0.929 bits per heavy atom. The van der Waals surface area contributed by atoms with Crippen LogP contribution in [-0.4, -0.2) is 60.9 Å². The average molecular weight is 598 g/mol. The van der Waals surface area contributed by atoms with Gasteiger partial charge in [0, 0.05) is 45.4 Å². The molecule has 0 aromatic carbocycles. The summed E-state index contributed by atoms with van der Waals surface area (Å²) in [7, 11) is 0. The molecule has 0 saturated heterocycles. The lowest BCUT2D eigenvalue weighted by Crippen LogP contribution is -2.67. The standard InChI is InChI=1S/C34H69N5O3/c1-6-7-8-9-10-11-12-13-14-15-16-17-18-21-32(40)39(24-19-22-37-33(41)30(35)26-28(2)3)25-20-23-38-34(42)31(36)27-29(4)5/h28-31H,6-27,35-36H2,1-5H3,(H,37,41)(H,38,42)/p+2/t30-,31-/m0/s1. The summed E-state index contributed by atoms with van der Waals surface area (Å²) in [5.74, 6) is 1.02. The fraction of sp³-hybridized carbons (Fsp3) is 0.912. The molecule has 8 heteroatoms. The fourth-order valence-electron chi connectivity index (χ4n) is 5.42. The average Bonchev–Trinajstić information content (AvgIpc) is 2.93. The van der Waals surface area contributed by atoms with Gasteiger partial charge in [0.05, 0.1) is 0 Å². The minimum Gasteiger partial charge on any atom is -0.351 e. The van der Waals surface area contributed by atoms with Crippen molar-refractivity contribution in [2.45, 2.75) is 162 Å². The normalized spacial score (nSPS) is 12.9. The lowest BCUT2D eigenvalue weighted by molar-refractivity contribution is -0.407. The maximum Gasteiger partial charge on any atom is 0.278 e. The predicted octanol–water partition coefficient (Wildman–Crippen LogP) is 4.62. The van der Waals surface area contributed by atoms with Crippen LogP contribution in [0, 0.1) is 11.8 Å². The van der Waals surface area contributed by atoms with E-state index in [1.807, 2.05) is 4.90 Å². The quantitative estimate of drug-likeness (QED) is 0.0981. The monoisotopic (exact) mass is 598 g/mol. The molecule has 0 aromatic rings. The summed E-state index contributed by atoms with van der Waals surface area (Å²) in [6.07, 6.45) is 20.3. The second kappa shape index (κ2) is 26.9. The van der Waals surface area contributed by atoms with E-state index in [9.17, 15) is 14.4 Å². The van der Waals surface area contributed by atoms with Crippen molar-refractivity contribution in [1.29, 1.82) is 0 Å². The number of rotatable bonds is 28. The third-order valence-electron chi connectivity index (χ3n) is 7.91. The van der Waals surface area contributed by atoms with Crippen LogP contribution in [0.4, 0.5) is 0 Å². The van der Waals surface area contributed by atoms with E-state index in [4.69, 9.17) is 0 Å². The first-order valence-corrected chi connectivity index (χ1v) is 17.6. The van der Waals surface area contributed by atoms with Gasteiger partial charge in [0.25, 0.3) is 11.8 Å². The van der Waals surface area contributed by atoms with Gasteiger partial charge in [-0.25, -0.2) is 0 Å². The molecule has 0 saturated carbocycles. The van der Waals surface area contributed by atoms with Crippen LogP contribution in [0.2, 0.25) is 0 Å². The van der Waals surface area contributed by atoms with E-state index in [0.717, 1.165) is 25.7 Å². The van der Waals surface area contributed by atoms with Gasteiger partial charge in [-0.15, -0.1) is 0 Å². The molecule has 0 radical (unpaired) electrons. The first-order chi connectivity index (χ1) is 20.1. The van der Waals surface area contributed by atoms with E-state index in [1.54, 1.807) is 0 Å². The third-order valence-corrected chi connectivity index (χ3v) is 7.91. The number of quaternary nitrogens is 2.